The van der Waals surface area contributed by atoms with E-state index >= 15 is 0 Å². The molecule has 1 aromatic carbocycles. The Morgan fingerprint density at radius 2 is 1.45 bits per heavy atom. The van der Waals surface area contributed by atoms with E-state index in [9.17, 15) is 10.1 Å². The number of nitrogens with one attached hydrogen (secondary N) is 2. The summed E-state index contributed by atoms with van der Waals surface area (Å²) in [7, 11) is 0. The van der Waals surface area contributed by atoms with E-state index in [1.165, 1.54) is 0 Å². The highest BCUT2D eigenvalue weighted by Gasteiger charge is 2.13. The van der Waals surface area contributed by atoms with Gasteiger partial charge in [-0.05, 0) is 42.6 Å². The van der Waals surface area contributed by atoms with Crippen molar-refractivity contribution in [2.24, 2.45) is 11.8 Å². The third-order valence-corrected chi connectivity index (χ3v) is 2.90. The van der Waals surface area contributed by atoms with Crippen LogP contribution < -0.4 is 10.6 Å². The van der Waals surface area contributed by atoms with Crippen LogP contribution >= 0.6 is 0 Å². The first-order valence-corrected chi connectivity index (χ1v) is 7.11. The smallest absolute Gasteiger partial charge is 0.269 e. The van der Waals surface area contributed by atoms with Crippen molar-refractivity contribution in [1.82, 2.24) is 10.6 Å². The summed E-state index contributed by atoms with van der Waals surface area (Å²) in [6, 6.07) is 6.72. The average molecular weight is 279 g/mol. The molecule has 0 spiro atoms. The molecule has 0 bridgehead atoms. The first-order valence-electron chi connectivity index (χ1n) is 7.11. The van der Waals surface area contributed by atoms with Crippen LogP contribution in [0.3, 0.4) is 0 Å². The van der Waals surface area contributed by atoms with Gasteiger partial charge in [0.25, 0.3) is 5.69 Å². The molecule has 0 saturated heterocycles. The highest BCUT2D eigenvalue weighted by molar-refractivity contribution is 5.34. The van der Waals surface area contributed by atoms with Crippen LogP contribution in [-0.2, 0) is 0 Å². The van der Waals surface area contributed by atoms with Crippen LogP contribution in [0.5, 0.6) is 0 Å². The van der Waals surface area contributed by atoms with Crippen molar-refractivity contribution < 1.29 is 4.92 Å². The molecule has 2 N–H and O–H groups in total. The minimum absolute atomic E-state index is 0.0283. The lowest BCUT2D eigenvalue weighted by molar-refractivity contribution is -0.384. The molecule has 112 valence electrons. The Bertz CT molecular complexity index is 404. The van der Waals surface area contributed by atoms with Gasteiger partial charge in [-0.2, -0.15) is 0 Å². The van der Waals surface area contributed by atoms with E-state index in [2.05, 4.69) is 38.3 Å². The highest BCUT2D eigenvalue weighted by atomic mass is 16.6. The zero-order valence-electron chi connectivity index (χ0n) is 12.7. The maximum absolute atomic E-state index is 10.7. The standard InChI is InChI=1S/C15H25N3O2/c1-11(2)9-16-15(17-10-12(3)4)13-5-7-14(8-6-13)18(19)20/h5-8,11-12,15-17H,9-10H2,1-4H3. The molecular weight excluding hydrogens is 254 g/mol. The Morgan fingerprint density at radius 1 is 1.00 bits per heavy atom. The zero-order valence-corrected chi connectivity index (χ0v) is 12.7. The number of hydrogen-bond donors (Lipinski definition) is 2. The summed E-state index contributed by atoms with van der Waals surface area (Å²) in [6.07, 6.45) is 0.0283. The van der Waals surface area contributed by atoms with Crippen molar-refractivity contribution >= 4 is 5.69 Å². The predicted octanol–water partition coefficient (Wildman–Crippen LogP) is 3.08. The number of nitro benzene ring substituents is 1. The normalized spacial score (nSPS) is 11.6. The van der Waals surface area contributed by atoms with Gasteiger partial charge in [0, 0.05) is 12.1 Å². The summed E-state index contributed by atoms with van der Waals surface area (Å²) < 4.78 is 0. The van der Waals surface area contributed by atoms with Gasteiger partial charge in [0.1, 0.15) is 0 Å². The van der Waals surface area contributed by atoms with Crippen molar-refractivity contribution in [2.75, 3.05) is 13.1 Å². The van der Waals surface area contributed by atoms with E-state index in [-0.39, 0.29) is 16.8 Å². The summed E-state index contributed by atoms with van der Waals surface area (Å²) in [5.74, 6) is 1.10. The summed E-state index contributed by atoms with van der Waals surface area (Å²) in [4.78, 5) is 10.3. The second kappa shape index (κ2) is 7.97. The van der Waals surface area contributed by atoms with Gasteiger partial charge >= 0.3 is 0 Å². The molecule has 1 rings (SSSR count). The number of nitrogens with zero attached hydrogens (tertiary/aromatic N) is 1. The van der Waals surface area contributed by atoms with Gasteiger partial charge in [-0.15, -0.1) is 0 Å². The van der Waals surface area contributed by atoms with Crippen molar-refractivity contribution in [3.63, 3.8) is 0 Å². The predicted molar refractivity (Wildman–Crippen MR) is 81.5 cm³/mol. The van der Waals surface area contributed by atoms with Crippen molar-refractivity contribution in [1.29, 1.82) is 0 Å². The molecule has 0 aliphatic heterocycles. The molecular formula is C15H25N3O2. The van der Waals surface area contributed by atoms with Gasteiger partial charge < -0.3 is 0 Å². The largest absolute Gasteiger partial charge is 0.298 e. The van der Waals surface area contributed by atoms with E-state index in [0.29, 0.717) is 11.8 Å². The van der Waals surface area contributed by atoms with Crippen LogP contribution in [0.4, 0.5) is 5.69 Å². The summed E-state index contributed by atoms with van der Waals surface area (Å²) in [6.45, 7) is 10.4. The van der Waals surface area contributed by atoms with Crippen LogP contribution in [0.25, 0.3) is 0 Å². The SMILES string of the molecule is CC(C)CNC(NCC(C)C)c1ccc([N+](=O)[O-])cc1. The van der Waals surface area contributed by atoms with Crippen molar-refractivity contribution in [3.8, 4) is 0 Å². The van der Waals surface area contributed by atoms with Gasteiger partial charge in [0.2, 0.25) is 0 Å². The second-order valence-corrected chi connectivity index (χ2v) is 5.89. The average Bonchev–Trinajstić information content (AvgIpc) is 2.38. The molecule has 20 heavy (non-hydrogen) atoms. The monoisotopic (exact) mass is 279 g/mol. The van der Waals surface area contributed by atoms with E-state index in [0.717, 1.165) is 18.7 Å². The number of non-ortho nitro benzene ring substituents is 1. The molecule has 0 atom stereocenters. The fourth-order valence-electron chi connectivity index (χ4n) is 1.80. The topological polar surface area (TPSA) is 67.2 Å². The molecule has 0 aliphatic rings. The molecule has 0 heterocycles. The Morgan fingerprint density at radius 3 is 1.80 bits per heavy atom. The molecule has 5 nitrogen and oxygen atoms in total. The Kier molecular flexibility index (Phi) is 6.61. The fraction of sp³-hybridized carbons (Fsp3) is 0.600. The maximum Gasteiger partial charge on any atom is 0.269 e. The molecule has 0 unspecified atom stereocenters. The number of rotatable bonds is 8. The van der Waals surface area contributed by atoms with Crippen molar-refractivity contribution in [2.45, 2.75) is 33.9 Å². The molecule has 5 heteroatoms. The van der Waals surface area contributed by atoms with E-state index in [1.807, 2.05) is 12.1 Å². The number of nitro groups is 1. The minimum Gasteiger partial charge on any atom is -0.298 e. The third kappa shape index (κ3) is 5.67. The van der Waals surface area contributed by atoms with E-state index in [4.69, 9.17) is 0 Å². The first kappa shape index (κ1) is 16.6. The summed E-state index contributed by atoms with van der Waals surface area (Å²) >= 11 is 0. The Balaban J connectivity index is 2.76. The summed E-state index contributed by atoms with van der Waals surface area (Å²) in [5.41, 5.74) is 1.15. The molecule has 0 saturated carbocycles. The van der Waals surface area contributed by atoms with Crippen molar-refractivity contribution in [3.05, 3.63) is 39.9 Å². The van der Waals surface area contributed by atoms with Gasteiger partial charge in [0.15, 0.2) is 0 Å². The first-order chi connectivity index (χ1) is 9.40. The molecule has 1 aromatic rings. The quantitative estimate of drug-likeness (QED) is 0.436. The number of hydrogen-bond acceptors (Lipinski definition) is 4. The third-order valence-electron chi connectivity index (χ3n) is 2.90. The van der Waals surface area contributed by atoms with Gasteiger partial charge in [-0.3, -0.25) is 20.7 Å². The van der Waals surface area contributed by atoms with Gasteiger partial charge in [0.05, 0.1) is 11.1 Å². The lowest BCUT2D eigenvalue weighted by Gasteiger charge is -2.23. The molecule has 0 amide bonds. The number of benzene rings is 1. The maximum atomic E-state index is 10.7. The van der Waals surface area contributed by atoms with E-state index < -0.39 is 0 Å². The van der Waals surface area contributed by atoms with Crippen LogP contribution in [0.15, 0.2) is 24.3 Å². The molecule has 0 aliphatic carbocycles. The van der Waals surface area contributed by atoms with Crippen LogP contribution in [0, 0.1) is 22.0 Å². The van der Waals surface area contributed by atoms with Crippen LogP contribution in [0.1, 0.15) is 39.4 Å². The lowest BCUT2D eigenvalue weighted by atomic mass is 10.1. The molecule has 0 fully saturated rings. The summed E-state index contributed by atoms with van der Waals surface area (Å²) in [5, 5.41) is 17.6. The van der Waals surface area contributed by atoms with Crippen LogP contribution in [0.2, 0.25) is 0 Å². The van der Waals surface area contributed by atoms with Gasteiger partial charge in [-0.25, -0.2) is 0 Å². The second-order valence-electron chi connectivity index (χ2n) is 5.89. The highest BCUT2D eigenvalue weighted by Crippen LogP contribution is 2.16. The van der Waals surface area contributed by atoms with Crippen LogP contribution in [-0.4, -0.2) is 18.0 Å². The van der Waals surface area contributed by atoms with Gasteiger partial charge in [-0.1, -0.05) is 27.7 Å². The van der Waals surface area contributed by atoms with E-state index in [1.54, 1.807) is 12.1 Å². The fourth-order valence-corrected chi connectivity index (χ4v) is 1.80. The minimum atomic E-state index is -0.373. The molecule has 0 radical (unpaired) electrons. The Labute approximate surface area is 120 Å². The lowest BCUT2D eigenvalue weighted by Crippen LogP contribution is -2.37. The molecule has 0 aromatic heterocycles. The zero-order chi connectivity index (χ0) is 15.1. The Hall–Kier alpha value is -1.46.